The minimum Gasteiger partial charge on any atom is -0.478 e. The first-order valence-corrected chi connectivity index (χ1v) is 5.94. The number of anilines is 1. The minimum atomic E-state index is -0.891. The quantitative estimate of drug-likeness (QED) is 0.852. The maximum absolute atomic E-state index is 11.3. The number of hydrogen-bond donors (Lipinski definition) is 1. The Kier molecular flexibility index (Phi) is 3.05. The van der Waals surface area contributed by atoms with Gasteiger partial charge in [-0.3, -0.25) is 0 Å². The van der Waals surface area contributed by atoms with Crippen LogP contribution in [0, 0.1) is 18.8 Å². The van der Waals surface area contributed by atoms with E-state index in [1.165, 1.54) is 0 Å². The van der Waals surface area contributed by atoms with E-state index in [2.05, 4.69) is 23.7 Å². The van der Waals surface area contributed by atoms with Crippen LogP contribution in [0.1, 0.15) is 29.8 Å². The molecule has 4 heteroatoms. The number of rotatable bonds is 2. The maximum atomic E-state index is 11.3. The molecule has 1 aromatic rings. The van der Waals surface area contributed by atoms with Crippen LogP contribution in [-0.4, -0.2) is 29.1 Å². The summed E-state index contributed by atoms with van der Waals surface area (Å²) in [6.45, 7) is 7.98. The van der Waals surface area contributed by atoms with Gasteiger partial charge in [-0.2, -0.15) is 0 Å². The Morgan fingerprint density at radius 3 is 2.53 bits per heavy atom. The van der Waals surface area contributed by atoms with Crippen LogP contribution in [0.3, 0.4) is 0 Å². The maximum Gasteiger partial charge on any atom is 0.339 e. The molecule has 1 fully saturated rings. The zero-order chi connectivity index (χ0) is 12.6. The van der Waals surface area contributed by atoms with Crippen molar-refractivity contribution in [1.29, 1.82) is 0 Å². The zero-order valence-electron chi connectivity index (χ0n) is 10.5. The van der Waals surface area contributed by atoms with Crippen LogP contribution < -0.4 is 4.90 Å². The van der Waals surface area contributed by atoms with Crippen LogP contribution in [0.15, 0.2) is 12.3 Å². The predicted octanol–water partition coefficient (Wildman–Crippen LogP) is 2.18. The Morgan fingerprint density at radius 1 is 1.41 bits per heavy atom. The van der Waals surface area contributed by atoms with Gasteiger partial charge in [0.1, 0.15) is 11.4 Å². The second-order valence-corrected chi connectivity index (χ2v) is 4.99. The third kappa shape index (κ3) is 2.12. The van der Waals surface area contributed by atoms with Crippen LogP contribution in [0.2, 0.25) is 0 Å². The first-order valence-electron chi connectivity index (χ1n) is 5.94. The number of nitrogens with zero attached hydrogens (tertiary/aromatic N) is 2. The fourth-order valence-electron chi connectivity index (χ4n) is 2.35. The highest BCUT2D eigenvalue weighted by molar-refractivity contribution is 5.95. The molecule has 1 aliphatic heterocycles. The summed E-state index contributed by atoms with van der Waals surface area (Å²) in [5.41, 5.74) is 1.11. The van der Waals surface area contributed by atoms with Crippen molar-refractivity contribution in [3.63, 3.8) is 0 Å². The van der Waals surface area contributed by atoms with Gasteiger partial charge in [0.05, 0.1) is 0 Å². The number of pyridine rings is 1. The summed E-state index contributed by atoms with van der Waals surface area (Å²) in [4.78, 5) is 17.6. The Labute approximate surface area is 101 Å². The minimum absolute atomic E-state index is 0.341. The van der Waals surface area contributed by atoms with Gasteiger partial charge in [0.15, 0.2) is 0 Å². The van der Waals surface area contributed by atoms with Crippen molar-refractivity contribution in [3.05, 3.63) is 23.4 Å². The molecule has 92 valence electrons. The van der Waals surface area contributed by atoms with Crippen molar-refractivity contribution in [3.8, 4) is 0 Å². The van der Waals surface area contributed by atoms with Crippen molar-refractivity contribution in [2.24, 2.45) is 11.8 Å². The van der Waals surface area contributed by atoms with E-state index in [-0.39, 0.29) is 0 Å². The fourth-order valence-corrected chi connectivity index (χ4v) is 2.35. The van der Waals surface area contributed by atoms with Gasteiger partial charge in [-0.05, 0) is 30.4 Å². The molecule has 1 aromatic heterocycles. The molecule has 1 N–H and O–H groups in total. The fraction of sp³-hybridized carbons (Fsp3) is 0.538. The molecule has 17 heavy (non-hydrogen) atoms. The molecule has 0 spiro atoms. The van der Waals surface area contributed by atoms with Crippen LogP contribution in [0.5, 0.6) is 0 Å². The summed E-state index contributed by atoms with van der Waals surface area (Å²) in [6.07, 6.45) is 1.69. The number of carboxylic acid groups (broad SMARTS) is 1. The number of aryl methyl sites for hydroxylation is 1. The Bertz CT molecular complexity index is 435. The highest BCUT2D eigenvalue weighted by Crippen LogP contribution is 2.29. The van der Waals surface area contributed by atoms with Gasteiger partial charge >= 0.3 is 5.97 Å². The first-order chi connectivity index (χ1) is 8.00. The van der Waals surface area contributed by atoms with Gasteiger partial charge in [-0.15, -0.1) is 0 Å². The van der Waals surface area contributed by atoms with Gasteiger partial charge in [0, 0.05) is 19.3 Å². The van der Waals surface area contributed by atoms with E-state index in [9.17, 15) is 9.90 Å². The number of carboxylic acids is 1. The molecule has 1 saturated heterocycles. The largest absolute Gasteiger partial charge is 0.478 e. The van der Waals surface area contributed by atoms with E-state index in [4.69, 9.17) is 0 Å². The molecule has 2 unspecified atom stereocenters. The summed E-state index contributed by atoms with van der Waals surface area (Å²) < 4.78 is 0. The highest BCUT2D eigenvalue weighted by atomic mass is 16.4. The predicted molar refractivity (Wildman–Crippen MR) is 66.5 cm³/mol. The molecule has 0 saturated carbocycles. The Hall–Kier alpha value is -1.58. The Balaban J connectivity index is 2.39. The summed E-state index contributed by atoms with van der Waals surface area (Å²) in [7, 11) is 0. The number of carbonyl (C=O) groups is 1. The zero-order valence-corrected chi connectivity index (χ0v) is 10.5. The van der Waals surface area contributed by atoms with Gasteiger partial charge in [0.2, 0.25) is 0 Å². The molecule has 0 radical (unpaired) electrons. The molecule has 2 atom stereocenters. The standard InChI is InChI=1S/C13H18N2O2/c1-8-4-5-14-12(11(8)13(16)17)15-6-9(2)10(3)7-15/h4-5,9-10H,6-7H2,1-3H3,(H,16,17). The van der Waals surface area contributed by atoms with Gasteiger partial charge < -0.3 is 10.0 Å². The lowest BCUT2D eigenvalue weighted by molar-refractivity contribution is 0.0696. The van der Waals surface area contributed by atoms with Gasteiger partial charge in [0.25, 0.3) is 0 Å². The van der Waals surface area contributed by atoms with E-state index in [0.717, 1.165) is 18.7 Å². The van der Waals surface area contributed by atoms with E-state index < -0.39 is 5.97 Å². The lowest BCUT2D eigenvalue weighted by atomic mass is 10.0. The highest BCUT2D eigenvalue weighted by Gasteiger charge is 2.29. The monoisotopic (exact) mass is 234 g/mol. The number of hydrogen-bond acceptors (Lipinski definition) is 3. The summed E-state index contributed by atoms with van der Waals surface area (Å²) in [5.74, 6) is 0.893. The van der Waals surface area contributed by atoms with Crippen molar-refractivity contribution in [2.75, 3.05) is 18.0 Å². The molecule has 1 aliphatic rings. The molecule has 0 aliphatic carbocycles. The topological polar surface area (TPSA) is 53.4 Å². The second-order valence-electron chi connectivity index (χ2n) is 4.99. The van der Waals surface area contributed by atoms with Crippen LogP contribution in [-0.2, 0) is 0 Å². The molecular formula is C13H18N2O2. The average molecular weight is 234 g/mol. The summed E-state index contributed by atoms with van der Waals surface area (Å²) in [6, 6.07) is 1.75. The van der Waals surface area contributed by atoms with E-state index in [1.807, 2.05) is 6.92 Å². The smallest absolute Gasteiger partial charge is 0.339 e. The SMILES string of the molecule is Cc1ccnc(N2CC(C)C(C)C2)c1C(=O)O. The van der Waals surface area contributed by atoms with Gasteiger partial charge in [-0.25, -0.2) is 9.78 Å². The van der Waals surface area contributed by atoms with Crippen molar-refractivity contribution < 1.29 is 9.90 Å². The number of aromatic nitrogens is 1. The molecular weight excluding hydrogens is 216 g/mol. The van der Waals surface area contributed by atoms with Crippen LogP contribution in [0.25, 0.3) is 0 Å². The third-order valence-electron chi connectivity index (χ3n) is 3.64. The third-order valence-corrected chi connectivity index (χ3v) is 3.64. The molecule has 0 aromatic carbocycles. The van der Waals surface area contributed by atoms with Crippen molar-refractivity contribution in [1.82, 2.24) is 4.98 Å². The molecule has 0 bridgehead atoms. The van der Waals surface area contributed by atoms with E-state index in [1.54, 1.807) is 12.3 Å². The van der Waals surface area contributed by atoms with Crippen molar-refractivity contribution >= 4 is 11.8 Å². The molecule has 0 amide bonds. The number of aromatic carboxylic acids is 1. The average Bonchev–Trinajstić information content (AvgIpc) is 2.58. The molecule has 2 heterocycles. The van der Waals surface area contributed by atoms with E-state index in [0.29, 0.717) is 23.2 Å². The lowest BCUT2D eigenvalue weighted by Crippen LogP contribution is -2.24. The van der Waals surface area contributed by atoms with Gasteiger partial charge in [-0.1, -0.05) is 13.8 Å². The Morgan fingerprint density at radius 2 is 2.00 bits per heavy atom. The lowest BCUT2D eigenvalue weighted by Gasteiger charge is -2.20. The summed E-state index contributed by atoms with van der Waals surface area (Å²) in [5, 5.41) is 9.27. The summed E-state index contributed by atoms with van der Waals surface area (Å²) >= 11 is 0. The molecule has 4 nitrogen and oxygen atoms in total. The van der Waals surface area contributed by atoms with Crippen molar-refractivity contribution in [2.45, 2.75) is 20.8 Å². The van der Waals surface area contributed by atoms with Crippen LogP contribution in [0.4, 0.5) is 5.82 Å². The second kappa shape index (κ2) is 4.35. The van der Waals surface area contributed by atoms with Crippen LogP contribution >= 0.6 is 0 Å². The molecule has 2 rings (SSSR count). The normalized spacial score (nSPS) is 24.1. The first kappa shape index (κ1) is 11.9. The van der Waals surface area contributed by atoms with E-state index >= 15 is 0 Å².